The Hall–Kier alpha value is -1.99. The molecule has 0 atom stereocenters. The lowest BCUT2D eigenvalue weighted by Gasteiger charge is -2.04. The van der Waals surface area contributed by atoms with Crippen LogP contribution < -0.4 is 0 Å². The van der Waals surface area contributed by atoms with Crippen LogP contribution >= 0.6 is 11.8 Å². The van der Waals surface area contributed by atoms with Gasteiger partial charge in [0.2, 0.25) is 0 Å². The summed E-state index contributed by atoms with van der Waals surface area (Å²) < 4.78 is 4.71. The van der Waals surface area contributed by atoms with Gasteiger partial charge in [0.05, 0.1) is 0 Å². The lowest BCUT2D eigenvalue weighted by Crippen LogP contribution is -2.19. The average molecular weight is 298 g/mol. The first-order valence-corrected chi connectivity index (χ1v) is 6.84. The van der Waals surface area contributed by atoms with Crippen molar-refractivity contribution >= 4 is 23.5 Å². The first-order chi connectivity index (χ1) is 9.69. The monoisotopic (exact) mass is 298 g/mol. The van der Waals surface area contributed by atoms with E-state index in [0.29, 0.717) is 6.26 Å². The van der Waals surface area contributed by atoms with Gasteiger partial charge in [0.1, 0.15) is 19.5 Å². The van der Waals surface area contributed by atoms with Gasteiger partial charge < -0.3 is 14.7 Å². The number of aliphatic hydroxyl groups is 1. The number of carbonyl (C=O) groups is 2. The number of rotatable bonds is 8. The van der Waals surface area contributed by atoms with Crippen LogP contribution in [0.4, 0.5) is 0 Å². The SMILES string of the molecule is CSc1ccc(C(=O)C(=O)OCCOO/C=C/O)cc1. The number of carbonyl (C=O) groups excluding carboxylic acids is 2. The summed E-state index contributed by atoms with van der Waals surface area (Å²) in [5.41, 5.74) is 0.271. The molecule has 108 valence electrons. The minimum Gasteiger partial charge on any atom is -0.512 e. The summed E-state index contributed by atoms with van der Waals surface area (Å²) in [7, 11) is 0. The summed E-state index contributed by atoms with van der Waals surface area (Å²) in [6, 6.07) is 6.65. The number of esters is 1. The number of benzene rings is 1. The van der Waals surface area contributed by atoms with Crippen molar-refractivity contribution in [2.45, 2.75) is 4.90 Å². The van der Waals surface area contributed by atoms with Gasteiger partial charge in [-0.15, -0.1) is 11.8 Å². The number of hydrogen-bond acceptors (Lipinski definition) is 7. The molecule has 0 heterocycles. The first kappa shape index (κ1) is 16.1. The predicted molar refractivity (Wildman–Crippen MR) is 72.3 cm³/mol. The van der Waals surface area contributed by atoms with Gasteiger partial charge in [-0.25, -0.2) is 4.79 Å². The van der Waals surface area contributed by atoms with E-state index < -0.39 is 11.8 Å². The molecule has 0 unspecified atom stereocenters. The van der Waals surface area contributed by atoms with Crippen molar-refractivity contribution < 1.29 is 29.2 Å². The summed E-state index contributed by atoms with van der Waals surface area (Å²) in [5, 5.41) is 8.23. The Bertz CT molecular complexity index is 468. The molecule has 0 radical (unpaired) electrons. The Morgan fingerprint density at radius 3 is 2.55 bits per heavy atom. The van der Waals surface area contributed by atoms with Crippen molar-refractivity contribution in [1.82, 2.24) is 0 Å². The Labute approximate surface area is 120 Å². The molecule has 0 fully saturated rings. The molecule has 0 aromatic heterocycles. The Morgan fingerprint density at radius 2 is 1.95 bits per heavy atom. The number of ether oxygens (including phenoxy) is 1. The molecule has 0 aliphatic heterocycles. The van der Waals surface area contributed by atoms with Gasteiger partial charge in [0, 0.05) is 10.5 Å². The van der Waals surface area contributed by atoms with Crippen molar-refractivity contribution in [1.29, 1.82) is 0 Å². The van der Waals surface area contributed by atoms with Crippen LogP contribution in [-0.4, -0.2) is 36.3 Å². The van der Waals surface area contributed by atoms with Crippen LogP contribution in [0.25, 0.3) is 0 Å². The van der Waals surface area contributed by atoms with Crippen molar-refractivity contribution in [3.8, 4) is 0 Å². The van der Waals surface area contributed by atoms with Crippen LogP contribution in [0.5, 0.6) is 0 Å². The molecule has 7 heteroatoms. The van der Waals surface area contributed by atoms with Crippen LogP contribution in [0.3, 0.4) is 0 Å². The highest BCUT2D eigenvalue weighted by Gasteiger charge is 2.17. The molecule has 1 aromatic carbocycles. The molecular formula is C13H14O6S. The van der Waals surface area contributed by atoms with Gasteiger partial charge in [-0.3, -0.25) is 4.79 Å². The van der Waals surface area contributed by atoms with E-state index in [-0.39, 0.29) is 18.8 Å². The highest BCUT2D eigenvalue weighted by atomic mass is 32.2. The normalized spacial score (nSPS) is 10.4. The molecule has 1 rings (SSSR count). The maximum absolute atomic E-state index is 11.7. The van der Waals surface area contributed by atoms with E-state index in [1.807, 2.05) is 6.26 Å². The van der Waals surface area contributed by atoms with E-state index in [9.17, 15) is 9.59 Å². The molecule has 0 aliphatic rings. The van der Waals surface area contributed by atoms with Crippen molar-refractivity contribution in [3.05, 3.63) is 42.4 Å². The van der Waals surface area contributed by atoms with Gasteiger partial charge in [-0.05, 0) is 30.5 Å². The lowest BCUT2D eigenvalue weighted by atomic mass is 10.1. The van der Waals surface area contributed by atoms with E-state index in [4.69, 9.17) is 9.84 Å². The van der Waals surface area contributed by atoms with Crippen molar-refractivity contribution in [2.75, 3.05) is 19.5 Å². The second-order valence-corrected chi connectivity index (χ2v) is 4.28. The number of aliphatic hydroxyl groups excluding tert-OH is 1. The number of hydrogen-bond donors (Lipinski definition) is 1. The van der Waals surface area contributed by atoms with Gasteiger partial charge in [0.15, 0.2) is 6.26 Å². The Kier molecular flexibility index (Phi) is 7.23. The second-order valence-electron chi connectivity index (χ2n) is 3.40. The summed E-state index contributed by atoms with van der Waals surface area (Å²) in [4.78, 5) is 33.0. The fraction of sp³-hybridized carbons (Fsp3) is 0.231. The van der Waals surface area contributed by atoms with E-state index in [0.717, 1.165) is 11.2 Å². The maximum atomic E-state index is 11.7. The average Bonchev–Trinajstić information content (AvgIpc) is 2.50. The van der Waals surface area contributed by atoms with Crippen LogP contribution in [-0.2, 0) is 19.3 Å². The Balaban J connectivity index is 2.36. The third-order valence-electron chi connectivity index (χ3n) is 2.12. The topological polar surface area (TPSA) is 82.1 Å². The highest BCUT2D eigenvalue weighted by molar-refractivity contribution is 7.98. The van der Waals surface area contributed by atoms with Crippen molar-refractivity contribution in [2.24, 2.45) is 0 Å². The highest BCUT2D eigenvalue weighted by Crippen LogP contribution is 2.15. The zero-order chi connectivity index (χ0) is 14.8. The van der Waals surface area contributed by atoms with Gasteiger partial charge in [-0.1, -0.05) is 0 Å². The summed E-state index contributed by atoms with van der Waals surface area (Å²) in [5.74, 6) is -1.67. The van der Waals surface area contributed by atoms with Crippen LogP contribution in [0.1, 0.15) is 10.4 Å². The maximum Gasteiger partial charge on any atom is 0.379 e. The van der Waals surface area contributed by atoms with E-state index in [2.05, 4.69) is 9.78 Å². The van der Waals surface area contributed by atoms with E-state index >= 15 is 0 Å². The van der Waals surface area contributed by atoms with E-state index in [1.54, 1.807) is 24.3 Å². The van der Waals surface area contributed by atoms with Crippen LogP contribution in [0.15, 0.2) is 41.7 Å². The van der Waals surface area contributed by atoms with Gasteiger partial charge in [-0.2, -0.15) is 4.89 Å². The van der Waals surface area contributed by atoms with Gasteiger partial charge in [0.25, 0.3) is 5.78 Å². The fourth-order valence-corrected chi connectivity index (χ4v) is 1.61. The largest absolute Gasteiger partial charge is 0.512 e. The summed E-state index contributed by atoms with van der Waals surface area (Å²) >= 11 is 1.54. The molecule has 0 amide bonds. The van der Waals surface area contributed by atoms with Crippen LogP contribution in [0, 0.1) is 0 Å². The molecule has 1 aromatic rings. The molecular weight excluding hydrogens is 284 g/mol. The fourth-order valence-electron chi connectivity index (χ4n) is 1.21. The second kappa shape index (κ2) is 9.00. The standard InChI is InChI=1S/C13H14O6S/c1-20-11-4-2-10(3-5-11)12(15)13(16)17-8-9-19-18-7-6-14/h2-7,14H,8-9H2,1H3/b7-6+. The third kappa shape index (κ3) is 5.33. The van der Waals surface area contributed by atoms with Crippen LogP contribution in [0.2, 0.25) is 0 Å². The minimum absolute atomic E-state index is 0.0607. The number of thioether (sulfide) groups is 1. The number of Topliss-reactive ketones (excluding diaryl/α,β-unsaturated/α-hetero) is 1. The molecule has 0 saturated heterocycles. The smallest absolute Gasteiger partial charge is 0.379 e. The molecule has 0 aliphatic carbocycles. The Morgan fingerprint density at radius 1 is 1.25 bits per heavy atom. The first-order valence-electron chi connectivity index (χ1n) is 5.62. The zero-order valence-electron chi connectivity index (χ0n) is 10.8. The minimum atomic E-state index is -0.955. The quantitative estimate of drug-likeness (QED) is 0.115. The summed E-state index contributed by atoms with van der Waals surface area (Å²) in [6.45, 7) is -0.193. The van der Waals surface area contributed by atoms with Crippen molar-refractivity contribution in [3.63, 3.8) is 0 Å². The van der Waals surface area contributed by atoms with E-state index in [1.165, 1.54) is 11.8 Å². The van der Waals surface area contributed by atoms with Gasteiger partial charge >= 0.3 is 5.97 Å². The molecule has 0 spiro atoms. The molecule has 6 nitrogen and oxygen atoms in total. The lowest BCUT2D eigenvalue weighted by molar-refractivity contribution is -0.254. The predicted octanol–water partition coefficient (Wildman–Crippen LogP) is 2.11. The summed E-state index contributed by atoms with van der Waals surface area (Å²) in [6.07, 6.45) is 3.47. The third-order valence-corrected chi connectivity index (χ3v) is 2.87. The number of ketones is 1. The molecule has 20 heavy (non-hydrogen) atoms. The molecule has 1 N–H and O–H groups in total. The molecule has 0 bridgehead atoms. The molecule has 0 saturated carbocycles. The zero-order valence-corrected chi connectivity index (χ0v) is 11.6.